The number of imidazole rings is 2. The second kappa shape index (κ2) is 7.20. The molecular weight excluding hydrogens is 384 g/mol. The third-order valence-electron chi connectivity index (χ3n) is 4.68. The van der Waals surface area contributed by atoms with Crippen molar-refractivity contribution in [2.24, 2.45) is 14.1 Å². The van der Waals surface area contributed by atoms with E-state index in [-0.39, 0.29) is 11.1 Å². The van der Waals surface area contributed by atoms with Crippen LogP contribution >= 0.6 is 0 Å². The second-order valence-corrected chi connectivity index (χ2v) is 6.73. The summed E-state index contributed by atoms with van der Waals surface area (Å²) in [5.41, 5.74) is 1.14. The lowest BCUT2D eigenvalue weighted by atomic mass is 10.1. The van der Waals surface area contributed by atoms with Crippen molar-refractivity contribution >= 4 is 0 Å². The maximum atomic E-state index is 14.1. The number of rotatable bonds is 4. The Morgan fingerprint density at radius 3 is 1.48 bits per heavy atom. The molecular formula is C21H16F4N4. The highest BCUT2D eigenvalue weighted by Gasteiger charge is 2.16. The zero-order valence-corrected chi connectivity index (χ0v) is 15.6. The number of aryl methyl sites for hydroxylation is 2. The maximum absolute atomic E-state index is 14.1. The molecule has 0 fully saturated rings. The molecule has 4 nitrogen and oxygen atoms in total. The first kappa shape index (κ1) is 18.9. The molecule has 0 N–H and O–H groups in total. The molecule has 148 valence electrons. The maximum Gasteiger partial charge on any atom is 0.135 e. The average molecular weight is 400 g/mol. The summed E-state index contributed by atoms with van der Waals surface area (Å²) in [6.07, 6.45) is 3.60. The highest BCUT2D eigenvalue weighted by Crippen LogP contribution is 2.25. The highest BCUT2D eigenvalue weighted by atomic mass is 19.1. The van der Waals surface area contributed by atoms with E-state index in [0.717, 1.165) is 12.1 Å². The first-order valence-electron chi connectivity index (χ1n) is 8.77. The standard InChI is InChI=1S/C21H16F4N4/c1-28-10-18(14-5-3-12(22)7-16(14)24)26-20(28)9-21-27-19(11-29(21)2)15-6-4-13(23)8-17(15)25/h3-8,10-11H,9H2,1-2H3. The van der Waals surface area contributed by atoms with Crippen LogP contribution < -0.4 is 0 Å². The fourth-order valence-corrected chi connectivity index (χ4v) is 3.13. The van der Waals surface area contributed by atoms with E-state index >= 15 is 0 Å². The van der Waals surface area contributed by atoms with Gasteiger partial charge in [0.2, 0.25) is 0 Å². The van der Waals surface area contributed by atoms with Gasteiger partial charge >= 0.3 is 0 Å². The van der Waals surface area contributed by atoms with Crippen LogP contribution in [0.2, 0.25) is 0 Å². The third kappa shape index (κ3) is 3.65. The molecule has 0 aliphatic rings. The van der Waals surface area contributed by atoms with Crippen molar-refractivity contribution in [3.05, 3.63) is 83.7 Å². The molecule has 0 saturated carbocycles. The Kier molecular flexibility index (Phi) is 4.70. The minimum atomic E-state index is -0.694. The molecule has 0 spiro atoms. The fourth-order valence-electron chi connectivity index (χ4n) is 3.13. The van der Waals surface area contributed by atoms with Gasteiger partial charge in [-0.05, 0) is 24.3 Å². The molecule has 4 rings (SSSR count). The molecule has 0 unspecified atom stereocenters. The predicted molar refractivity (Wildman–Crippen MR) is 99.9 cm³/mol. The Morgan fingerprint density at radius 1 is 0.690 bits per heavy atom. The first-order valence-corrected chi connectivity index (χ1v) is 8.77. The Bertz CT molecular complexity index is 1120. The van der Waals surface area contributed by atoms with Gasteiger partial charge in [-0.1, -0.05) is 0 Å². The van der Waals surface area contributed by atoms with Crippen molar-refractivity contribution in [3.8, 4) is 22.5 Å². The summed E-state index contributed by atoms with van der Waals surface area (Å²) in [5.74, 6) is -1.50. The summed E-state index contributed by atoms with van der Waals surface area (Å²) in [6.45, 7) is 0. The van der Waals surface area contributed by atoms with Gasteiger partial charge in [0, 0.05) is 49.7 Å². The topological polar surface area (TPSA) is 35.6 Å². The number of benzene rings is 2. The van der Waals surface area contributed by atoms with Crippen LogP contribution in [0, 0.1) is 23.3 Å². The first-order chi connectivity index (χ1) is 13.8. The minimum Gasteiger partial charge on any atom is -0.337 e. The number of hydrogen-bond acceptors (Lipinski definition) is 2. The average Bonchev–Trinajstić information content (AvgIpc) is 3.18. The molecule has 0 saturated heterocycles. The molecule has 2 heterocycles. The van der Waals surface area contributed by atoms with Crippen LogP contribution in [0.25, 0.3) is 22.5 Å². The number of nitrogens with zero attached hydrogens (tertiary/aromatic N) is 4. The molecule has 0 radical (unpaired) electrons. The van der Waals surface area contributed by atoms with Crippen LogP contribution in [0.15, 0.2) is 48.8 Å². The van der Waals surface area contributed by atoms with Crippen molar-refractivity contribution < 1.29 is 17.6 Å². The summed E-state index contributed by atoms with van der Waals surface area (Å²) in [6, 6.07) is 6.65. The molecule has 2 aromatic heterocycles. The number of aromatic nitrogens is 4. The van der Waals surface area contributed by atoms with Crippen LogP contribution in [0.1, 0.15) is 11.6 Å². The van der Waals surface area contributed by atoms with Crippen LogP contribution in [-0.4, -0.2) is 19.1 Å². The monoisotopic (exact) mass is 400 g/mol. The Labute approximate surface area is 164 Å². The Morgan fingerprint density at radius 2 is 1.10 bits per heavy atom. The van der Waals surface area contributed by atoms with E-state index in [1.807, 2.05) is 0 Å². The Balaban J connectivity index is 1.65. The van der Waals surface area contributed by atoms with Gasteiger partial charge in [-0.2, -0.15) is 0 Å². The fraction of sp³-hybridized carbons (Fsp3) is 0.143. The van der Waals surface area contributed by atoms with Crippen molar-refractivity contribution in [1.82, 2.24) is 19.1 Å². The summed E-state index contributed by atoms with van der Waals surface area (Å²) in [7, 11) is 3.52. The summed E-state index contributed by atoms with van der Waals surface area (Å²) in [5, 5.41) is 0. The molecule has 29 heavy (non-hydrogen) atoms. The van der Waals surface area contributed by atoms with E-state index < -0.39 is 23.3 Å². The predicted octanol–water partition coefficient (Wildman–Crippen LogP) is 4.63. The molecule has 8 heteroatoms. The Hall–Kier alpha value is -3.42. The van der Waals surface area contributed by atoms with Gasteiger partial charge in [0.05, 0.1) is 17.8 Å². The zero-order valence-electron chi connectivity index (χ0n) is 15.6. The molecule has 0 bridgehead atoms. The van der Waals surface area contributed by atoms with Gasteiger partial charge in [-0.15, -0.1) is 0 Å². The van der Waals surface area contributed by atoms with Crippen LogP contribution in [0.5, 0.6) is 0 Å². The molecule has 0 aliphatic heterocycles. The molecule has 2 aromatic carbocycles. The van der Waals surface area contributed by atoms with Crippen molar-refractivity contribution in [1.29, 1.82) is 0 Å². The van der Waals surface area contributed by atoms with Gasteiger partial charge in [-0.25, -0.2) is 27.5 Å². The van der Waals surface area contributed by atoms with E-state index in [2.05, 4.69) is 9.97 Å². The quantitative estimate of drug-likeness (QED) is 0.468. The SMILES string of the molecule is Cn1cc(-c2ccc(F)cc2F)nc1Cc1nc(-c2ccc(F)cc2F)cn1C. The van der Waals surface area contributed by atoms with Gasteiger partial charge in [0.1, 0.15) is 34.9 Å². The smallest absolute Gasteiger partial charge is 0.135 e. The van der Waals surface area contributed by atoms with Gasteiger partial charge in [-0.3, -0.25) is 0 Å². The number of hydrogen-bond donors (Lipinski definition) is 0. The van der Waals surface area contributed by atoms with Crippen LogP contribution in [-0.2, 0) is 20.5 Å². The second-order valence-electron chi connectivity index (χ2n) is 6.73. The van der Waals surface area contributed by atoms with Crippen molar-refractivity contribution in [2.75, 3.05) is 0 Å². The normalized spacial score (nSPS) is 11.2. The van der Waals surface area contributed by atoms with Gasteiger partial charge in [0.25, 0.3) is 0 Å². The molecule has 0 atom stereocenters. The van der Waals surface area contributed by atoms with Gasteiger partial charge in [0.15, 0.2) is 0 Å². The largest absolute Gasteiger partial charge is 0.337 e. The van der Waals surface area contributed by atoms with E-state index in [9.17, 15) is 17.6 Å². The van der Waals surface area contributed by atoms with E-state index in [4.69, 9.17) is 0 Å². The lowest BCUT2D eigenvalue weighted by Crippen LogP contribution is -2.03. The van der Waals surface area contributed by atoms with Crippen molar-refractivity contribution in [3.63, 3.8) is 0 Å². The summed E-state index contributed by atoms with van der Waals surface area (Å²) >= 11 is 0. The molecule has 4 aromatic rings. The number of halogens is 4. The van der Waals surface area contributed by atoms with E-state index in [1.54, 1.807) is 35.6 Å². The summed E-state index contributed by atoms with van der Waals surface area (Å²) < 4.78 is 57.9. The summed E-state index contributed by atoms with van der Waals surface area (Å²) in [4.78, 5) is 8.88. The lowest BCUT2D eigenvalue weighted by Gasteiger charge is -2.01. The molecule has 0 amide bonds. The van der Waals surface area contributed by atoms with Gasteiger partial charge < -0.3 is 9.13 Å². The lowest BCUT2D eigenvalue weighted by molar-refractivity contribution is 0.584. The van der Waals surface area contributed by atoms with E-state index in [0.29, 0.717) is 29.5 Å². The minimum absolute atomic E-state index is 0.196. The zero-order chi connectivity index (χ0) is 20.7. The third-order valence-corrected chi connectivity index (χ3v) is 4.68. The highest BCUT2D eigenvalue weighted by molar-refractivity contribution is 5.60. The van der Waals surface area contributed by atoms with E-state index in [1.165, 1.54) is 24.3 Å². The van der Waals surface area contributed by atoms with Crippen LogP contribution in [0.3, 0.4) is 0 Å². The molecule has 0 aliphatic carbocycles. The van der Waals surface area contributed by atoms with Crippen LogP contribution in [0.4, 0.5) is 17.6 Å². The van der Waals surface area contributed by atoms with Crippen molar-refractivity contribution in [2.45, 2.75) is 6.42 Å².